The highest BCUT2D eigenvalue weighted by atomic mass is 35.5. The molecule has 1 aromatic heterocycles. The molecule has 0 aliphatic carbocycles. The number of aromatic nitrogens is 1. The first kappa shape index (κ1) is 12.4. The van der Waals surface area contributed by atoms with Crippen LogP contribution in [-0.4, -0.2) is 12.1 Å². The number of hydrogen-bond acceptors (Lipinski definition) is 3. The first-order chi connectivity index (χ1) is 8.65. The average Bonchev–Trinajstić information content (AvgIpc) is 2.38. The summed E-state index contributed by atoms with van der Waals surface area (Å²) < 4.78 is 5.11. The zero-order valence-corrected chi connectivity index (χ0v) is 10.8. The predicted molar refractivity (Wildman–Crippen MR) is 70.7 cm³/mol. The number of aryl methyl sites for hydroxylation is 1. The number of benzene rings is 1. The Hall–Kier alpha value is -2.05. The Kier molecular flexibility index (Phi) is 3.50. The van der Waals surface area contributed by atoms with Crippen LogP contribution in [0.5, 0.6) is 5.75 Å². The van der Waals surface area contributed by atoms with Crippen molar-refractivity contribution in [2.75, 3.05) is 7.11 Å². The molecule has 2 rings (SSSR count). The maximum absolute atomic E-state index is 9.15. The molecule has 0 aliphatic rings. The Bertz CT molecular complexity index is 615. The Labute approximate surface area is 111 Å². The van der Waals surface area contributed by atoms with E-state index in [1.54, 1.807) is 7.11 Å². The van der Waals surface area contributed by atoms with Gasteiger partial charge in [0.15, 0.2) is 0 Å². The van der Waals surface area contributed by atoms with E-state index >= 15 is 0 Å². The Morgan fingerprint density at radius 3 is 2.50 bits per heavy atom. The predicted octanol–water partition coefficient (Wildman–Crippen LogP) is 3.59. The van der Waals surface area contributed by atoms with Gasteiger partial charge in [-0.15, -0.1) is 0 Å². The van der Waals surface area contributed by atoms with Gasteiger partial charge in [-0.1, -0.05) is 23.7 Å². The summed E-state index contributed by atoms with van der Waals surface area (Å²) in [6, 6.07) is 11.4. The fourth-order valence-electron chi connectivity index (χ4n) is 1.74. The second-order valence-electron chi connectivity index (χ2n) is 3.82. The second-order valence-corrected chi connectivity index (χ2v) is 4.18. The van der Waals surface area contributed by atoms with E-state index in [-0.39, 0.29) is 5.15 Å². The highest BCUT2D eigenvalue weighted by molar-refractivity contribution is 6.31. The molecule has 0 radical (unpaired) electrons. The lowest BCUT2D eigenvalue weighted by atomic mass is 10.0. The van der Waals surface area contributed by atoms with Crippen LogP contribution in [0.4, 0.5) is 0 Å². The van der Waals surface area contributed by atoms with Gasteiger partial charge < -0.3 is 4.74 Å². The topological polar surface area (TPSA) is 45.9 Å². The molecule has 0 amide bonds. The number of halogens is 1. The summed E-state index contributed by atoms with van der Waals surface area (Å²) in [4.78, 5) is 4.08. The van der Waals surface area contributed by atoms with E-state index in [1.807, 2.05) is 37.3 Å². The third-order valence-electron chi connectivity index (χ3n) is 2.62. The van der Waals surface area contributed by atoms with Crippen LogP contribution in [0.15, 0.2) is 30.3 Å². The molecule has 0 saturated heterocycles. The SMILES string of the molecule is COc1ccc(-c2cc(C)nc(Cl)c2C#N)cc1. The molecule has 0 saturated carbocycles. The van der Waals surface area contributed by atoms with Crippen LogP contribution in [0.2, 0.25) is 5.15 Å². The highest BCUT2D eigenvalue weighted by Crippen LogP contribution is 2.29. The minimum atomic E-state index is 0.239. The quantitative estimate of drug-likeness (QED) is 0.774. The van der Waals surface area contributed by atoms with Crippen molar-refractivity contribution in [3.8, 4) is 22.9 Å². The molecule has 3 nitrogen and oxygen atoms in total. The highest BCUT2D eigenvalue weighted by Gasteiger charge is 2.11. The molecule has 90 valence electrons. The Morgan fingerprint density at radius 2 is 1.94 bits per heavy atom. The summed E-state index contributed by atoms with van der Waals surface area (Å²) in [5, 5.41) is 9.39. The monoisotopic (exact) mass is 258 g/mol. The van der Waals surface area contributed by atoms with Gasteiger partial charge in [-0.2, -0.15) is 5.26 Å². The van der Waals surface area contributed by atoms with Crippen LogP contribution in [0.3, 0.4) is 0 Å². The van der Waals surface area contributed by atoms with Gasteiger partial charge in [-0.3, -0.25) is 0 Å². The molecule has 0 bridgehead atoms. The van der Waals surface area contributed by atoms with Crippen LogP contribution < -0.4 is 4.74 Å². The van der Waals surface area contributed by atoms with Crippen molar-refractivity contribution in [3.63, 3.8) is 0 Å². The Balaban J connectivity index is 2.59. The summed E-state index contributed by atoms with van der Waals surface area (Å²) in [6.45, 7) is 1.85. The van der Waals surface area contributed by atoms with Crippen LogP contribution >= 0.6 is 11.6 Å². The van der Waals surface area contributed by atoms with E-state index in [0.29, 0.717) is 5.56 Å². The van der Waals surface area contributed by atoms with E-state index in [2.05, 4.69) is 11.1 Å². The van der Waals surface area contributed by atoms with Gasteiger partial charge in [0, 0.05) is 11.3 Å². The number of nitrogens with zero attached hydrogens (tertiary/aromatic N) is 2. The van der Waals surface area contributed by atoms with Crippen molar-refractivity contribution in [3.05, 3.63) is 46.7 Å². The van der Waals surface area contributed by atoms with Crippen LogP contribution in [0.1, 0.15) is 11.3 Å². The summed E-state index contributed by atoms with van der Waals surface area (Å²) in [5.41, 5.74) is 2.88. The van der Waals surface area contributed by atoms with Crippen molar-refractivity contribution in [2.24, 2.45) is 0 Å². The van der Waals surface area contributed by atoms with E-state index in [9.17, 15) is 0 Å². The number of nitriles is 1. The number of rotatable bonds is 2. The molecule has 0 spiro atoms. The zero-order chi connectivity index (χ0) is 13.1. The lowest BCUT2D eigenvalue weighted by molar-refractivity contribution is 0.415. The lowest BCUT2D eigenvalue weighted by Gasteiger charge is -2.08. The molecule has 0 fully saturated rings. The van der Waals surface area contributed by atoms with Crippen LogP contribution in [0.25, 0.3) is 11.1 Å². The summed E-state index contributed by atoms with van der Waals surface area (Å²) in [5.74, 6) is 0.772. The van der Waals surface area contributed by atoms with E-state index in [4.69, 9.17) is 21.6 Å². The molecule has 2 aromatic rings. The lowest BCUT2D eigenvalue weighted by Crippen LogP contribution is -1.92. The minimum Gasteiger partial charge on any atom is -0.497 e. The maximum atomic E-state index is 9.15. The summed E-state index contributed by atoms with van der Waals surface area (Å²) in [6.07, 6.45) is 0. The fraction of sp³-hybridized carbons (Fsp3) is 0.143. The summed E-state index contributed by atoms with van der Waals surface area (Å²) >= 11 is 5.98. The van der Waals surface area contributed by atoms with E-state index < -0.39 is 0 Å². The fourth-order valence-corrected chi connectivity index (χ4v) is 2.02. The molecule has 0 N–H and O–H groups in total. The van der Waals surface area contributed by atoms with Gasteiger partial charge >= 0.3 is 0 Å². The molecule has 18 heavy (non-hydrogen) atoms. The van der Waals surface area contributed by atoms with Gasteiger partial charge in [-0.05, 0) is 30.7 Å². The average molecular weight is 259 g/mol. The van der Waals surface area contributed by atoms with Crippen molar-refractivity contribution < 1.29 is 4.74 Å². The minimum absolute atomic E-state index is 0.239. The molecule has 0 unspecified atom stereocenters. The first-order valence-electron chi connectivity index (χ1n) is 5.37. The molecule has 0 aliphatic heterocycles. The van der Waals surface area contributed by atoms with Crippen molar-refractivity contribution in [1.29, 1.82) is 5.26 Å². The number of hydrogen-bond donors (Lipinski definition) is 0. The molecule has 1 heterocycles. The number of pyridine rings is 1. The third-order valence-corrected chi connectivity index (χ3v) is 2.89. The van der Waals surface area contributed by atoms with Crippen molar-refractivity contribution >= 4 is 11.6 Å². The maximum Gasteiger partial charge on any atom is 0.147 e. The molecular formula is C14H11ClN2O. The first-order valence-corrected chi connectivity index (χ1v) is 5.75. The van der Waals surface area contributed by atoms with Gasteiger partial charge in [0.25, 0.3) is 0 Å². The number of methoxy groups -OCH3 is 1. The Morgan fingerprint density at radius 1 is 1.28 bits per heavy atom. The van der Waals surface area contributed by atoms with Crippen molar-refractivity contribution in [1.82, 2.24) is 4.98 Å². The smallest absolute Gasteiger partial charge is 0.147 e. The van der Waals surface area contributed by atoms with E-state index in [0.717, 1.165) is 22.6 Å². The standard InChI is InChI=1S/C14H11ClN2O/c1-9-7-12(13(8-16)14(15)17-9)10-3-5-11(18-2)6-4-10/h3-7H,1-2H3. The molecular weight excluding hydrogens is 248 g/mol. The second kappa shape index (κ2) is 5.07. The van der Waals surface area contributed by atoms with Gasteiger partial charge in [0.2, 0.25) is 0 Å². The summed E-state index contributed by atoms with van der Waals surface area (Å²) in [7, 11) is 1.61. The normalized spacial score (nSPS) is 9.89. The zero-order valence-electron chi connectivity index (χ0n) is 10.1. The van der Waals surface area contributed by atoms with Crippen molar-refractivity contribution in [2.45, 2.75) is 6.92 Å². The molecule has 4 heteroatoms. The third kappa shape index (κ3) is 2.29. The molecule has 1 aromatic carbocycles. The van der Waals surface area contributed by atoms with E-state index in [1.165, 1.54) is 0 Å². The van der Waals surface area contributed by atoms with Crippen LogP contribution in [-0.2, 0) is 0 Å². The van der Waals surface area contributed by atoms with Gasteiger partial charge in [0.05, 0.1) is 12.7 Å². The van der Waals surface area contributed by atoms with Gasteiger partial charge in [-0.25, -0.2) is 4.98 Å². The van der Waals surface area contributed by atoms with Crippen LogP contribution in [0, 0.1) is 18.3 Å². The molecule has 0 atom stereocenters. The largest absolute Gasteiger partial charge is 0.497 e. The van der Waals surface area contributed by atoms with Gasteiger partial charge in [0.1, 0.15) is 17.0 Å². The number of ether oxygens (including phenoxy) is 1.